The minimum absolute atomic E-state index is 0.0199. The van der Waals surface area contributed by atoms with Gasteiger partial charge in [-0.3, -0.25) is 72.7 Å². The summed E-state index contributed by atoms with van der Waals surface area (Å²) in [5.74, 6) is -28.3. The van der Waals surface area contributed by atoms with Crippen LogP contribution in [0.4, 0.5) is 16.4 Å². The number of aliphatic carboxylic acids is 5. The number of anilines is 2. The molecule has 17 atom stereocenters. The number of ether oxygens (including phenoxy) is 6. The van der Waals surface area contributed by atoms with Crippen molar-refractivity contribution >= 4 is 151 Å². The van der Waals surface area contributed by atoms with Crippen molar-refractivity contribution in [1.29, 1.82) is 5.41 Å². The zero-order valence-electron chi connectivity index (χ0n) is 75.4. The lowest BCUT2D eigenvalue weighted by Gasteiger charge is -2.67. The SMILES string of the molecule is CC(=O)O[C@@]12CO[C@@H]1C[C@H](OC(=O)OCCSSC[C@H](NC(=O)[C@H](CC(=O)O)NC(=O)[C@H](CC(=O)O)CC(=O)[C@H](CCCNC(=N)N)NC(=O)[C@H](CC(=O)O)CC(=O)CC[C@H](NC(=O)c1ccc(NCc3cnc4nc(N)[nH]c(=O)c4n3)cc1)C(=O)O)C(=O)O)[C@@]1(C)C(=O)[C@H](C)C3=C(C)[C@@H](OC(=O)[C@H](O)[C@@H](NC(=O)c4ccccc4)c4ccccc4)C[C@@](O)([C@@H](OC(=O)c4ccccc4)C12)C3(C)C. The van der Waals surface area contributed by atoms with Gasteiger partial charge in [0.25, 0.3) is 17.4 Å². The van der Waals surface area contributed by atoms with E-state index in [1.807, 2.05) is 0 Å². The number of aliphatic hydroxyl groups is 2. The minimum Gasteiger partial charge on any atom is -0.481 e. The first-order valence-electron chi connectivity index (χ1n) is 43.5. The van der Waals surface area contributed by atoms with E-state index in [2.05, 4.69) is 57.2 Å². The Hall–Kier alpha value is -14.3. The van der Waals surface area contributed by atoms with Gasteiger partial charge in [-0.15, -0.1) is 0 Å². The van der Waals surface area contributed by atoms with Crippen LogP contribution in [0.3, 0.4) is 0 Å². The minimum atomic E-state index is -2.49. The molecule has 45 nitrogen and oxygen atoms in total. The Kier molecular flexibility index (Phi) is 35.6. The number of carbonyl (C=O) groups excluding carboxylic acids is 12. The number of Topliss-reactive ketones (excluding diaryl/α,β-unsaturated/α-hetero) is 3. The van der Waals surface area contributed by atoms with Crippen LogP contribution in [-0.2, 0) is 97.3 Å². The van der Waals surface area contributed by atoms with Crippen molar-refractivity contribution < 1.29 is 146 Å². The summed E-state index contributed by atoms with van der Waals surface area (Å²) in [5, 5.41) is 101. The highest BCUT2D eigenvalue weighted by Crippen LogP contribution is 2.66. The quantitative estimate of drug-likeness (QED) is 0.00496. The standard InChI is InChI=1S/C91H106N14O31S2/c1-44-61(133-84(128)70(115)68(47-17-10-7-11-18-47)103-76(118)48-19-12-8-13-20-48)39-91(130)73(135-83(127)50-21-14-9-15-22-50)71-89(6,72(116)45(2)67(44)88(91,4)5)62(38-63-90(71,43-132-63)136-46(3)106)134-87(129)131-31-32-137-138-42-59(82(125)126)102-79(121)58(37-66(113)114)101-78(120)52(36-65(111)112)34-60(108)56(23-16-30-95-85(92)93)99-77(119)51(35-64(109)110)33-55(107)28-29-57(81(123)124)100-75(117)49-24-26-53(27-25-49)96-40-54-41-97-74-69(98-54)80(122)105-86(94)104-74/h7-15,17-22,24-27,41,45,51-52,56-59,61-63,68,70-71,73,96,115,130H,16,23,28-40,42-43H2,1-6H3,(H,99,119)(H,100,117)(H,101,120)(H,102,121)(H,103,118)(H,109,110)(H,111,112)(H,113,114)(H,123,124)(H,125,126)(H4,92,93,95)(H3,94,97,104,105,122)/t45-,51+,52+,56+,57+,58+,59+,61+,62+,63-,68+,70-,71?,73+,89-,90+,91-/m1/s1. The molecule has 10 rings (SSSR count). The van der Waals surface area contributed by atoms with E-state index in [0.717, 1.165) is 28.5 Å². The molecular formula is C91H106N14O31S2. The van der Waals surface area contributed by atoms with E-state index in [0.29, 0.717) is 16.9 Å². The zero-order chi connectivity index (χ0) is 101. The van der Waals surface area contributed by atoms with Gasteiger partial charge in [0.1, 0.15) is 66.3 Å². The normalized spacial score (nSPS) is 21.7. The van der Waals surface area contributed by atoms with E-state index >= 15 is 4.79 Å². The Bertz CT molecular complexity index is 5720. The number of nitrogens with zero attached hydrogens (tertiary/aromatic N) is 3. The molecule has 6 aromatic rings. The highest BCUT2D eigenvalue weighted by Gasteiger charge is 2.79. The van der Waals surface area contributed by atoms with Crippen LogP contribution in [0.5, 0.6) is 0 Å². The van der Waals surface area contributed by atoms with E-state index in [4.69, 9.17) is 45.3 Å². The second kappa shape index (κ2) is 46.5. The van der Waals surface area contributed by atoms with E-state index < -0.39 is 296 Å². The lowest BCUT2D eigenvalue weighted by Crippen LogP contribution is -2.81. The van der Waals surface area contributed by atoms with Crippen LogP contribution in [-0.4, -0.2) is 260 Å². The maximum absolute atomic E-state index is 16.3. The third-order valence-corrected chi connectivity index (χ3v) is 27.1. The van der Waals surface area contributed by atoms with Crippen LogP contribution >= 0.6 is 21.6 Å². The third-order valence-electron chi connectivity index (χ3n) is 24.7. The number of esters is 3. The van der Waals surface area contributed by atoms with Gasteiger partial charge in [0.05, 0.1) is 85.1 Å². The van der Waals surface area contributed by atoms with Crippen molar-refractivity contribution in [2.45, 2.75) is 191 Å². The number of aromatic nitrogens is 4. The van der Waals surface area contributed by atoms with Crippen LogP contribution in [0.15, 0.2) is 137 Å². The van der Waals surface area contributed by atoms with Gasteiger partial charge in [0, 0.05) is 85.2 Å². The largest absolute Gasteiger partial charge is 0.508 e. The first-order chi connectivity index (χ1) is 65.3. The summed E-state index contributed by atoms with van der Waals surface area (Å²) in [6.45, 7) is 7.65. The fourth-order valence-electron chi connectivity index (χ4n) is 17.8. The number of guanidine groups is 1. The van der Waals surface area contributed by atoms with Crippen molar-refractivity contribution in [3.05, 3.63) is 171 Å². The van der Waals surface area contributed by atoms with Crippen LogP contribution in [0.1, 0.15) is 161 Å². The van der Waals surface area contributed by atoms with E-state index in [-0.39, 0.29) is 76.6 Å². The van der Waals surface area contributed by atoms with Gasteiger partial charge in [-0.1, -0.05) is 109 Å². The second-order valence-corrected chi connectivity index (χ2v) is 36.9. The Balaban J connectivity index is 0.773. The smallest absolute Gasteiger partial charge is 0.481 e. The highest BCUT2D eigenvalue weighted by atomic mass is 33.1. The van der Waals surface area contributed by atoms with Crippen molar-refractivity contribution in [3.63, 3.8) is 0 Å². The summed E-state index contributed by atoms with van der Waals surface area (Å²) >= 11 is 0. The molecule has 0 radical (unpaired) electrons. The van der Waals surface area contributed by atoms with Gasteiger partial charge in [-0.2, -0.15) is 4.98 Å². The number of nitrogens with one attached hydrogen (secondary N) is 9. The van der Waals surface area contributed by atoms with E-state index in [1.54, 1.807) is 75.4 Å². The maximum atomic E-state index is 16.3. The predicted octanol–water partition coefficient (Wildman–Crippen LogP) is 3.24. The van der Waals surface area contributed by atoms with Gasteiger partial charge in [-0.25, -0.2) is 33.9 Å². The fourth-order valence-corrected chi connectivity index (χ4v) is 19.8. The average molecular weight is 1960 g/mol. The topological polar surface area (TPSA) is 719 Å². The number of ketones is 3. The van der Waals surface area contributed by atoms with Gasteiger partial charge in [-0.05, 0) is 98.4 Å². The van der Waals surface area contributed by atoms with Crippen molar-refractivity contribution in [2.75, 3.05) is 42.3 Å². The summed E-state index contributed by atoms with van der Waals surface area (Å²) in [5.41, 5.74) is 3.67. The van der Waals surface area contributed by atoms with Crippen molar-refractivity contribution in [1.82, 2.24) is 51.8 Å². The molecule has 738 valence electrons. The predicted molar refractivity (Wildman–Crippen MR) is 486 cm³/mol. The molecule has 2 aromatic heterocycles. The number of rotatable bonds is 47. The molecule has 3 fully saturated rings. The number of H-pyrrole nitrogens is 1. The lowest BCUT2D eigenvalue weighted by atomic mass is 9.43. The van der Waals surface area contributed by atoms with Gasteiger partial charge in [0.15, 0.2) is 34.6 Å². The van der Waals surface area contributed by atoms with Crippen molar-refractivity contribution in [3.8, 4) is 0 Å². The maximum Gasteiger partial charge on any atom is 0.508 e. The van der Waals surface area contributed by atoms with Crippen LogP contribution in [0.2, 0.25) is 0 Å². The number of hydrogen-bond donors (Lipinski definition) is 18. The number of benzene rings is 4. The molecule has 138 heavy (non-hydrogen) atoms. The first kappa shape index (κ1) is 106. The molecule has 2 bridgehead atoms. The molecule has 3 aliphatic carbocycles. The Morgan fingerprint density at radius 1 is 0.674 bits per heavy atom. The Labute approximate surface area is 794 Å². The fraction of sp³-hybridized carbons (Fsp3) is 0.451. The van der Waals surface area contributed by atoms with Gasteiger partial charge >= 0.3 is 53.9 Å². The number of aromatic amines is 1. The molecule has 0 spiro atoms. The Morgan fingerprint density at radius 2 is 1.26 bits per heavy atom. The molecule has 1 unspecified atom stereocenters. The monoisotopic (exact) mass is 1950 g/mol. The van der Waals surface area contributed by atoms with Crippen LogP contribution < -0.4 is 54.2 Å². The van der Waals surface area contributed by atoms with Crippen LogP contribution in [0, 0.1) is 39.9 Å². The third kappa shape index (κ3) is 25.9. The summed E-state index contributed by atoms with van der Waals surface area (Å²) in [6.07, 6.45) is -16.9. The van der Waals surface area contributed by atoms with Crippen molar-refractivity contribution in [2.24, 2.45) is 40.2 Å². The number of nitrogens with two attached hydrogens (primary N) is 2. The number of hydrogen-bond acceptors (Lipinski definition) is 34. The number of carboxylic acids is 5. The first-order valence-corrected chi connectivity index (χ1v) is 46.0. The molecule has 2 saturated carbocycles. The zero-order valence-corrected chi connectivity index (χ0v) is 77.0. The molecule has 1 aliphatic heterocycles. The summed E-state index contributed by atoms with van der Waals surface area (Å²) in [4.78, 5) is 260. The number of carboxylic acid groups (broad SMARTS) is 5. The highest BCUT2D eigenvalue weighted by molar-refractivity contribution is 8.76. The number of carbonyl (C=O) groups is 17. The Morgan fingerprint density at radius 3 is 1.86 bits per heavy atom. The van der Waals surface area contributed by atoms with E-state index in [9.17, 15) is 117 Å². The number of fused-ring (bicyclic) bond motifs is 6. The molecular weight excluding hydrogens is 1850 g/mol. The molecule has 20 N–H and O–H groups in total. The number of nitrogen functional groups attached to an aromatic ring is 1. The van der Waals surface area contributed by atoms with Gasteiger partial charge in [0.2, 0.25) is 23.7 Å². The molecule has 5 amide bonds. The summed E-state index contributed by atoms with van der Waals surface area (Å²) in [7, 11) is 1.64. The molecule has 4 aliphatic rings. The second-order valence-electron chi connectivity index (χ2n) is 34.3. The molecule has 47 heteroatoms. The number of aliphatic hydroxyl groups excluding tert-OH is 1. The summed E-state index contributed by atoms with van der Waals surface area (Å²) in [6, 6.07) is 20.2. The molecule has 4 aromatic carbocycles. The summed E-state index contributed by atoms with van der Waals surface area (Å²) < 4.78 is 36.9. The van der Waals surface area contributed by atoms with E-state index in [1.165, 1.54) is 80.7 Å². The van der Waals surface area contributed by atoms with Crippen LogP contribution in [0.25, 0.3) is 11.2 Å². The van der Waals surface area contributed by atoms with Gasteiger partial charge < -0.3 is 113 Å². The lowest BCUT2D eigenvalue weighted by molar-refractivity contribution is -0.345. The molecule has 3 heterocycles. The molecule has 1 saturated heterocycles. The number of amides is 5. The average Bonchev–Trinajstić information content (AvgIpc) is 0.665.